The molecule has 0 fully saturated rings. The van der Waals surface area contributed by atoms with Crippen LogP contribution in [0, 0.1) is 6.92 Å². The molecule has 0 bridgehead atoms. The third kappa shape index (κ3) is 2.08. The van der Waals surface area contributed by atoms with Gasteiger partial charge >= 0.3 is 0 Å². The number of carbonyl (C=O) groups excluding carboxylic acids is 1. The molecule has 16 heavy (non-hydrogen) atoms. The summed E-state index contributed by atoms with van der Waals surface area (Å²) in [5.41, 5.74) is 10.7. The normalized spacial score (nSPS) is 19.6. The molecular formula is C11H12ClN3O. The van der Waals surface area contributed by atoms with Crippen LogP contribution in [0.2, 0.25) is 5.02 Å². The second kappa shape index (κ2) is 4.23. The van der Waals surface area contributed by atoms with Crippen molar-refractivity contribution in [3.63, 3.8) is 0 Å². The van der Waals surface area contributed by atoms with Gasteiger partial charge in [0.15, 0.2) is 0 Å². The Hall–Kier alpha value is -1.39. The van der Waals surface area contributed by atoms with Gasteiger partial charge < -0.3 is 5.73 Å². The van der Waals surface area contributed by atoms with Crippen molar-refractivity contribution in [2.24, 2.45) is 10.8 Å². The van der Waals surface area contributed by atoms with E-state index < -0.39 is 6.04 Å². The summed E-state index contributed by atoms with van der Waals surface area (Å²) in [5.74, 6) is -0.256. The van der Waals surface area contributed by atoms with Crippen molar-refractivity contribution >= 4 is 23.2 Å². The molecular weight excluding hydrogens is 226 g/mol. The Balaban J connectivity index is 2.16. The first-order valence-corrected chi connectivity index (χ1v) is 5.32. The molecule has 1 aliphatic rings. The number of carbonyl (C=O) groups is 1. The predicted octanol–water partition coefficient (Wildman–Crippen LogP) is 1.00. The minimum atomic E-state index is -0.639. The number of nitrogens with one attached hydrogen (secondary N) is 1. The fraction of sp³-hybridized carbons (Fsp3) is 0.273. The molecule has 1 heterocycles. The van der Waals surface area contributed by atoms with Crippen molar-refractivity contribution < 1.29 is 4.79 Å². The quantitative estimate of drug-likeness (QED) is 0.806. The number of benzene rings is 1. The smallest absolute Gasteiger partial charge is 0.262 e. The maximum absolute atomic E-state index is 11.1. The van der Waals surface area contributed by atoms with Gasteiger partial charge in [-0.05, 0) is 24.1 Å². The molecule has 1 atom stereocenters. The zero-order chi connectivity index (χ0) is 11.7. The zero-order valence-electron chi connectivity index (χ0n) is 8.83. The summed E-state index contributed by atoms with van der Waals surface area (Å²) in [6.45, 7) is 1.94. The van der Waals surface area contributed by atoms with Crippen LogP contribution < -0.4 is 11.2 Å². The van der Waals surface area contributed by atoms with Crippen LogP contribution in [0.15, 0.2) is 23.3 Å². The van der Waals surface area contributed by atoms with E-state index in [1.165, 1.54) is 0 Å². The number of hydrogen-bond donors (Lipinski definition) is 2. The average Bonchev–Trinajstić information content (AvgIpc) is 2.55. The lowest BCUT2D eigenvalue weighted by atomic mass is 10.0. The van der Waals surface area contributed by atoms with Crippen LogP contribution >= 0.6 is 11.6 Å². The summed E-state index contributed by atoms with van der Waals surface area (Å²) in [4.78, 5) is 11.1. The number of hydrazone groups is 1. The molecule has 1 aliphatic heterocycles. The zero-order valence-corrected chi connectivity index (χ0v) is 9.58. The molecule has 1 aromatic carbocycles. The van der Waals surface area contributed by atoms with Crippen LogP contribution in [0.5, 0.6) is 0 Å². The summed E-state index contributed by atoms with van der Waals surface area (Å²) in [6, 6.07) is 5.13. The molecule has 0 saturated carbocycles. The van der Waals surface area contributed by atoms with Gasteiger partial charge in [0.05, 0.1) is 5.71 Å². The van der Waals surface area contributed by atoms with E-state index in [9.17, 15) is 4.79 Å². The lowest BCUT2D eigenvalue weighted by Crippen LogP contribution is -2.38. The topological polar surface area (TPSA) is 67.5 Å². The molecule has 1 amide bonds. The van der Waals surface area contributed by atoms with E-state index in [0.717, 1.165) is 11.1 Å². The van der Waals surface area contributed by atoms with Crippen molar-refractivity contribution in [1.82, 2.24) is 5.43 Å². The van der Waals surface area contributed by atoms with Gasteiger partial charge in [0.2, 0.25) is 0 Å². The van der Waals surface area contributed by atoms with Gasteiger partial charge in [0.25, 0.3) is 5.91 Å². The first kappa shape index (κ1) is 11.1. The van der Waals surface area contributed by atoms with E-state index >= 15 is 0 Å². The molecule has 4 nitrogen and oxygen atoms in total. The van der Waals surface area contributed by atoms with Gasteiger partial charge in [0.1, 0.15) is 6.04 Å². The van der Waals surface area contributed by atoms with Crippen LogP contribution in [0.1, 0.15) is 11.1 Å². The van der Waals surface area contributed by atoms with E-state index in [-0.39, 0.29) is 5.91 Å². The largest absolute Gasteiger partial charge is 0.315 e. The number of hydrogen-bond acceptors (Lipinski definition) is 3. The number of amides is 1. The Morgan fingerprint density at radius 2 is 2.31 bits per heavy atom. The van der Waals surface area contributed by atoms with Crippen LogP contribution in [-0.2, 0) is 11.2 Å². The van der Waals surface area contributed by atoms with Crippen molar-refractivity contribution in [2.75, 3.05) is 0 Å². The highest BCUT2D eigenvalue weighted by atomic mass is 35.5. The molecule has 0 spiro atoms. The minimum Gasteiger partial charge on any atom is -0.315 e. The lowest BCUT2D eigenvalue weighted by Gasteiger charge is -2.06. The number of aryl methyl sites for hydroxylation is 1. The molecule has 1 unspecified atom stereocenters. The van der Waals surface area contributed by atoms with E-state index in [4.69, 9.17) is 17.3 Å². The Bertz CT molecular complexity index is 470. The maximum Gasteiger partial charge on any atom is 0.262 e. The Kier molecular flexibility index (Phi) is 2.94. The summed E-state index contributed by atoms with van der Waals surface area (Å²) >= 11 is 6.01. The fourth-order valence-corrected chi connectivity index (χ4v) is 1.73. The Morgan fingerprint density at radius 3 is 2.88 bits per heavy atom. The molecule has 3 N–H and O–H groups in total. The van der Waals surface area contributed by atoms with E-state index in [2.05, 4.69) is 10.5 Å². The molecule has 0 radical (unpaired) electrons. The van der Waals surface area contributed by atoms with Gasteiger partial charge in [-0.1, -0.05) is 23.7 Å². The van der Waals surface area contributed by atoms with Gasteiger partial charge in [-0.2, -0.15) is 5.10 Å². The molecule has 0 aliphatic carbocycles. The summed E-state index contributed by atoms with van der Waals surface area (Å²) in [5, 5.41) is 4.61. The van der Waals surface area contributed by atoms with Crippen LogP contribution in [0.3, 0.4) is 0 Å². The number of rotatable bonds is 2. The Morgan fingerprint density at radius 1 is 1.56 bits per heavy atom. The fourth-order valence-electron chi connectivity index (χ4n) is 1.52. The number of halogens is 1. The number of nitrogens with zero attached hydrogens (tertiary/aromatic N) is 1. The van der Waals surface area contributed by atoms with Gasteiger partial charge in [-0.15, -0.1) is 0 Å². The van der Waals surface area contributed by atoms with Crippen molar-refractivity contribution in [2.45, 2.75) is 19.4 Å². The number of nitrogens with two attached hydrogens (primary N) is 1. The maximum atomic E-state index is 11.1. The first-order chi connectivity index (χ1) is 7.58. The molecule has 2 rings (SSSR count). The molecule has 0 aromatic heterocycles. The van der Waals surface area contributed by atoms with Crippen molar-refractivity contribution in [3.05, 3.63) is 34.3 Å². The van der Waals surface area contributed by atoms with Crippen molar-refractivity contribution in [1.29, 1.82) is 0 Å². The Labute approximate surface area is 98.5 Å². The lowest BCUT2D eigenvalue weighted by molar-refractivity contribution is -0.120. The van der Waals surface area contributed by atoms with Gasteiger partial charge in [0, 0.05) is 11.4 Å². The second-order valence-electron chi connectivity index (χ2n) is 3.82. The molecule has 1 aromatic rings. The summed E-state index contributed by atoms with van der Waals surface area (Å²) in [7, 11) is 0. The van der Waals surface area contributed by atoms with Gasteiger partial charge in [-0.25, -0.2) is 5.43 Å². The molecule has 84 valence electrons. The molecule has 0 saturated heterocycles. The SMILES string of the molecule is Cc1ccc(CC2=NNC(=O)C2N)cc1Cl. The standard InChI is InChI=1S/C11H12ClN3O/c1-6-2-3-7(4-8(6)12)5-9-10(13)11(16)15-14-9/h2-4,10H,5,13H2,1H3,(H,15,16). The monoisotopic (exact) mass is 237 g/mol. The third-order valence-corrected chi connectivity index (χ3v) is 2.98. The second-order valence-corrected chi connectivity index (χ2v) is 4.22. The highest BCUT2D eigenvalue weighted by Crippen LogP contribution is 2.17. The first-order valence-electron chi connectivity index (χ1n) is 4.95. The van der Waals surface area contributed by atoms with Crippen LogP contribution in [0.25, 0.3) is 0 Å². The van der Waals surface area contributed by atoms with Crippen molar-refractivity contribution in [3.8, 4) is 0 Å². The van der Waals surface area contributed by atoms with E-state index in [0.29, 0.717) is 17.2 Å². The van der Waals surface area contributed by atoms with E-state index in [1.807, 2.05) is 25.1 Å². The van der Waals surface area contributed by atoms with E-state index in [1.54, 1.807) is 0 Å². The summed E-state index contributed by atoms with van der Waals surface area (Å²) in [6.07, 6.45) is 0.542. The summed E-state index contributed by atoms with van der Waals surface area (Å²) < 4.78 is 0. The predicted molar refractivity (Wildman–Crippen MR) is 63.4 cm³/mol. The minimum absolute atomic E-state index is 0.256. The third-order valence-electron chi connectivity index (χ3n) is 2.57. The van der Waals surface area contributed by atoms with Crippen LogP contribution in [-0.4, -0.2) is 17.7 Å². The highest BCUT2D eigenvalue weighted by Gasteiger charge is 2.25. The van der Waals surface area contributed by atoms with Gasteiger partial charge in [-0.3, -0.25) is 4.79 Å². The van der Waals surface area contributed by atoms with Crippen LogP contribution in [0.4, 0.5) is 0 Å². The highest BCUT2D eigenvalue weighted by molar-refractivity contribution is 6.31. The molecule has 5 heteroatoms. The average molecular weight is 238 g/mol.